The molecule has 3 aromatic rings. The number of aromatic nitrogens is 5. The number of aryl methyl sites for hydroxylation is 2. The zero-order valence-corrected chi connectivity index (χ0v) is 13.8. The van der Waals surface area contributed by atoms with Crippen LogP contribution in [0.5, 0.6) is 0 Å². The SMILES string of the molecule is Cc1ncc2c(n1)C1(CCCN(c3ncnc4[nH]ccc34)C1)CC2. The first-order chi connectivity index (χ1) is 11.8. The summed E-state index contributed by atoms with van der Waals surface area (Å²) in [5, 5.41) is 1.10. The maximum Gasteiger partial charge on any atom is 0.142 e. The predicted molar refractivity (Wildman–Crippen MR) is 92.1 cm³/mol. The molecule has 1 spiro atoms. The Balaban J connectivity index is 1.56. The van der Waals surface area contributed by atoms with Crippen LogP contribution in [0.15, 0.2) is 24.8 Å². The summed E-state index contributed by atoms with van der Waals surface area (Å²) in [6.07, 6.45) is 10.2. The zero-order valence-electron chi connectivity index (χ0n) is 13.8. The van der Waals surface area contributed by atoms with E-state index in [1.54, 1.807) is 6.33 Å². The van der Waals surface area contributed by atoms with Crippen molar-refractivity contribution in [3.8, 4) is 0 Å². The summed E-state index contributed by atoms with van der Waals surface area (Å²) in [5.41, 5.74) is 3.66. The number of anilines is 1. The molecule has 2 aliphatic rings. The van der Waals surface area contributed by atoms with Crippen LogP contribution in [-0.2, 0) is 11.8 Å². The number of hydrogen-bond acceptors (Lipinski definition) is 5. The second kappa shape index (κ2) is 5.00. The first kappa shape index (κ1) is 13.9. The first-order valence-electron chi connectivity index (χ1n) is 8.61. The molecule has 5 rings (SSSR count). The van der Waals surface area contributed by atoms with Crippen molar-refractivity contribution < 1.29 is 0 Å². The molecule has 6 nitrogen and oxygen atoms in total. The van der Waals surface area contributed by atoms with Crippen LogP contribution in [0.2, 0.25) is 0 Å². The molecule has 0 bridgehead atoms. The van der Waals surface area contributed by atoms with E-state index in [1.165, 1.54) is 30.5 Å². The monoisotopic (exact) mass is 320 g/mol. The van der Waals surface area contributed by atoms with Crippen molar-refractivity contribution in [2.75, 3.05) is 18.0 Å². The second-order valence-electron chi connectivity index (χ2n) is 7.03. The molecule has 0 radical (unpaired) electrons. The normalized spacial score (nSPS) is 23.1. The highest BCUT2D eigenvalue weighted by molar-refractivity contribution is 5.87. The van der Waals surface area contributed by atoms with Crippen molar-refractivity contribution in [3.63, 3.8) is 0 Å². The third-order valence-electron chi connectivity index (χ3n) is 5.57. The molecule has 1 N–H and O–H groups in total. The lowest BCUT2D eigenvalue weighted by atomic mass is 9.77. The maximum absolute atomic E-state index is 4.83. The lowest BCUT2D eigenvalue weighted by Gasteiger charge is -2.41. The lowest BCUT2D eigenvalue weighted by molar-refractivity contribution is 0.333. The molecule has 6 heteroatoms. The third kappa shape index (κ3) is 1.95. The number of rotatable bonds is 1. The van der Waals surface area contributed by atoms with Crippen LogP contribution in [0.4, 0.5) is 5.82 Å². The molecule has 1 atom stereocenters. The molecular weight excluding hydrogens is 300 g/mol. The van der Waals surface area contributed by atoms with Crippen molar-refractivity contribution >= 4 is 16.9 Å². The molecule has 4 heterocycles. The van der Waals surface area contributed by atoms with Crippen molar-refractivity contribution in [1.29, 1.82) is 0 Å². The number of nitrogens with zero attached hydrogens (tertiary/aromatic N) is 5. The van der Waals surface area contributed by atoms with Crippen molar-refractivity contribution in [2.24, 2.45) is 0 Å². The summed E-state index contributed by atoms with van der Waals surface area (Å²) in [6.45, 7) is 4.01. The quantitative estimate of drug-likeness (QED) is 0.746. The van der Waals surface area contributed by atoms with Crippen LogP contribution in [-0.4, -0.2) is 38.0 Å². The molecule has 24 heavy (non-hydrogen) atoms. The Bertz CT molecular complexity index is 913. The summed E-state index contributed by atoms with van der Waals surface area (Å²) < 4.78 is 0. The van der Waals surface area contributed by atoms with Gasteiger partial charge in [-0.05, 0) is 44.2 Å². The standard InChI is InChI=1S/C18H20N6/c1-12-20-9-13-3-6-18(15(13)23-12)5-2-8-24(10-18)17-14-4-7-19-16(14)21-11-22-17/h4,7,9,11H,2-3,5-6,8,10H2,1H3,(H,19,21,22). The lowest BCUT2D eigenvalue weighted by Crippen LogP contribution is -2.46. The molecule has 0 aromatic carbocycles. The molecule has 1 aliphatic heterocycles. The van der Waals surface area contributed by atoms with Crippen LogP contribution in [0.3, 0.4) is 0 Å². The minimum Gasteiger partial charge on any atom is -0.355 e. The minimum absolute atomic E-state index is 0.148. The van der Waals surface area contributed by atoms with Gasteiger partial charge in [0.25, 0.3) is 0 Å². The summed E-state index contributed by atoms with van der Waals surface area (Å²) in [4.78, 5) is 23.7. The number of H-pyrrole nitrogens is 1. The van der Waals surface area contributed by atoms with E-state index in [2.05, 4.69) is 30.9 Å². The van der Waals surface area contributed by atoms with Crippen molar-refractivity contribution in [2.45, 2.75) is 38.0 Å². The van der Waals surface area contributed by atoms with Gasteiger partial charge in [0.1, 0.15) is 23.6 Å². The Hall–Kier alpha value is -2.50. The number of nitrogens with one attached hydrogen (secondary N) is 1. The van der Waals surface area contributed by atoms with Gasteiger partial charge in [-0.1, -0.05) is 0 Å². The van der Waals surface area contributed by atoms with Gasteiger partial charge in [0.15, 0.2) is 0 Å². The average molecular weight is 320 g/mol. The predicted octanol–water partition coefficient (Wildman–Crippen LogP) is 2.54. The van der Waals surface area contributed by atoms with Crippen LogP contribution < -0.4 is 4.90 Å². The molecule has 122 valence electrons. The molecule has 3 aromatic heterocycles. The summed E-state index contributed by atoms with van der Waals surface area (Å²) in [6, 6.07) is 2.07. The largest absolute Gasteiger partial charge is 0.355 e. The Morgan fingerprint density at radius 3 is 3.12 bits per heavy atom. The van der Waals surface area contributed by atoms with Crippen molar-refractivity contribution in [3.05, 3.63) is 41.9 Å². The van der Waals surface area contributed by atoms with Crippen LogP contribution >= 0.6 is 0 Å². The Morgan fingerprint density at radius 2 is 2.17 bits per heavy atom. The summed E-state index contributed by atoms with van der Waals surface area (Å²) in [7, 11) is 0. The molecule has 1 fully saturated rings. The molecule has 0 amide bonds. The van der Waals surface area contributed by atoms with Gasteiger partial charge in [0.2, 0.25) is 0 Å². The highest BCUT2D eigenvalue weighted by Gasteiger charge is 2.44. The molecule has 1 aliphatic carbocycles. The van der Waals surface area contributed by atoms with Crippen LogP contribution in [0.1, 0.15) is 36.3 Å². The van der Waals surface area contributed by atoms with E-state index in [-0.39, 0.29) is 5.41 Å². The fraction of sp³-hybridized carbons (Fsp3) is 0.444. The second-order valence-corrected chi connectivity index (χ2v) is 7.03. The van der Waals surface area contributed by atoms with Gasteiger partial charge in [0.05, 0.1) is 11.1 Å². The average Bonchev–Trinajstić information content (AvgIpc) is 3.21. The number of piperidine rings is 1. The van der Waals surface area contributed by atoms with E-state index in [4.69, 9.17) is 4.98 Å². The van der Waals surface area contributed by atoms with E-state index in [0.717, 1.165) is 42.2 Å². The molecular formula is C18H20N6. The van der Waals surface area contributed by atoms with Gasteiger partial charge >= 0.3 is 0 Å². The fourth-order valence-electron chi connectivity index (χ4n) is 4.45. The fourth-order valence-corrected chi connectivity index (χ4v) is 4.45. The Labute approximate surface area is 140 Å². The summed E-state index contributed by atoms with van der Waals surface area (Å²) in [5.74, 6) is 1.92. The molecule has 1 saturated heterocycles. The van der Waals surface area contributed by atoms with E-state index in [0.29, 0.717) is 0 Å². The van der Waals surface area contributed by atoms with Crippen molar-refractivity contribution in [1.82, 2.24) is 24.9 Å². The number of fused-ring (bicyclic) bond motifs is 3. The Kier molecular flexibility index (Phi) is 2.89. The van der Waals surface area contributed by atoms with Gasteiger partial charge < -0.3 is 9.88 Å². The smallest absolute Gasteiger partial charge is 0.142 e. The first-order valence-corrected chi connectivity index (χ1v) is 8.61. The van der Waals surface area contributed by atoms with Gasteiger partial charge in [-0.25, -0.2) is 19.9 Å². The van der Waals surface area contributed by atoms with Gasteiger partial charge in [-0.2, -0.15) is 0 Å². The zero-order chi connectivity index (χ0) is 16.1. The Morgan fingerprint density at radius 1 is 1.21 bits per heavy atom. The van der Waals surface area contributed by atoms with Crippen LogP contribution in [0.25, 0.3) is 11.0 Å². The number of hydrogen-bond donors (Lipinski definition) is 1. The van der Waals surface area contributed by atoms with Crippen LogP contribution in [0, 0.1) is 6.92 Å². The molecule has 0 saturated carbocycles. The molecule has 1 unspecified atom stereocenters. The highest BCUT2D eigenvalue weighted by atomic mass is 15.2. The number of aromatic amines is 1. The topological polar surface area (TPSA) is 70.6 Å². The minimum atomic E-state index is 0.148. The van der Waals surface area contributed by atoms with Gasteiger partial charge in [-0.15, -0.1) is 0 Å². The van der Waals surface area contributed by atoms with Gasteiger partial charge in [-0.3, -0.25) is 0 Å². The highest BCUT2D eigenvalue weighted by Crippen LogP contribution is 2.44. The van der Waals surface area contributed by atoms with E-state index < -0.39 is 0 Å². The van der Waals surface area contributed by atoms with E-state index in [9.17, 15) is 0 Å². The third-order valence-corrected chi connectivity index (χ3v) is 5.57. The van der Waals surface area contributed by atoms with E-state index >= 15 is 0 Å². The van der Waals surface area contributed by atoms with E-state index in [1.807, 2.05) is 19.3 Å². The maximum atomic E-state index is 4.83. The van der Waals surface area contributed by atoms with Gasteiger partial charge in [0, 0.05) is 30.9 Å². The summed E-state index contributed by atoms with van der Waals surface area (Å²) >= 11 is 0.